The van der Waals surface area contributed by atoms with Gasteiger partial charge in [-0.1, -0.05) is 6.92 Å². The zero-order valence-electron chi connectivity index (χ0n) is 57.1. The number of nitrogens with one attached hydrogen (secondary N) is 6. The van der Waals surface area contributed by atoms with Crippen LogP contribution in [0.15, 0.2) is 4.99 Å². The molecule has 0 spiro atoms. The third-order valence-corrected chi connectivity index (χ3v) is 15.1. The molecule has 14 N–H and O–H groups in total. The molecule has 3 aliphatic heterocycles. The maximum Gasteiger partial charge on any atom is 0.326 e. The summed E-state index contributed by atoms with van der Waals surface area (Å²) < 4.78 is 82.7. The van der Waals surface area contributed by atoms with Crippen molar-refractivity contribution < 1.29 is 150 Å². The van der Waals surface area contributed by atoms with Crippen molar-refractivity contribution in [2.45, 2.75) is 165 Å². The van der Waals surface area contributed by atoms with Crippen LogP contribution in [0, 0.1) is 5.92 Å². The van der Waals surface area contributed by atoms with Crippen LogP contribution in [-0.2, 0) is 109 Å². The van der Waals surface area contributed by atoms with E-state index in [2.05, 4.69) is 36.9 Å². The van der Waals surface area contributed by atoms with Gasteiger partial charge in [0.25, 0.3) is 0 Å². The number of rotatable bonds is 54. The van der Waals surface area contributed by atoms with Crippen LogP contribution in [0.1, 0.15) is 73.1 Å². The summed E-state index contributed by atoms with van der Waals surface area (Å²) in [5, 5.41) is 96.1. The fraction of sp³-hybridized carbons (Fsp3) is 0.852. The molecule has 3 fully saturated rings. The number of carbonyl (C=O) groups is 8. The fourth-order valence-corrected chi connectivity index (χ4v) is 9.83. The number of carbonyl (C=O) groups excluding carboxylic acids is 7. The van der Waals surface area contributed by atoms with Crippen molar-refractivity contribution >= 4 is 53.0 Å². The Hall–Kier alpha value is -5.25. The smallest absolute Gasteiger partial charge is 0.326 e. The highest BCUT2D eigenvalue weighted by Gasteiger charge is 2.46. The molecule has 0 aromatic rings. The van der Waals surface area contributed by atoms with Crippen LogP contribution >= 0.6 is 0 Å². The number of aliphatic hydroxyl groups excluding tert-OH is 7. The largest absolute Gasteiger partial charge is 0.480 e. The van der Waals surface area contributed by atoms with E-state index in [-0.39, 0.29) is 176 Å². The number of aliphatic hydroxyl groups is 7. The normalized spacial score (nSPS) is 25.7. The number of ether oxygens (including phenoxy) is 15. The molecule has 0 bridgehead atoms. The van der Waals surface area contributed by atoms with Crippen molar-refractivity contribution in [3.05, 3.63) is 0 Å². The molecule has 3 unspecified atom stereocenters. The monoisotopic (exact) mass is 1430 g/mol. The van der Waals surface area contributed by atoms with Gasteiger partial charge in [0.2, 0.25) is 41.4 Å². The number of amides is 7. The number of unbranched alkanes of at least 4 members (excludes halogenated alkanes) is 2. The second-order valence-corrected chi connectivity index (χ2v) is 23.1. The number of hydrogen-bond donors (Lipinski definition) is 14. The summed E-state index contributed by atoms with van der Waals surface area (Å²) in [6.07, 6.45) is -11.3. The lowest BCUT2D eigenvalue weighted by molar-refractivity contribution is -0.272. The summed E-state index contributed by atoms with van der Waals surface area (Å²) >= 11 is 0. The molecular weight excluding hydrogens is 1330 g/mol. The SMILES string of the molecule is CC(=O)/N=C1\C(O)[C@@H](O)[C@@H](C)O[C@H]1OCCOCCOCCOCC(=O)N[C@@H](CCCCNC(=O)COCCOCCOCCO[C@@H]1O[C@H](CO)[C@H](O)[C@H](O)C1NC(C)=O)C(=O)N[C@@H](CCCCNC(=O)COCCOCCOCCO[C@@H]1O[C@H](CO)[C@H](O)[C@H](C)C1NC(C)=O)C(=O)O. The Labute approximate surface area is 574 Å². The topological polar surface area (TPSA) is 521 Å². The van der Waals surface area contributed by atoms with Crippen LogP contribution in [0.2, 0.25) is 0 Å². The predicted molar refractivity (Wildman–Crippen MR) is 339 cm³/mol. The van der Waals surface area contributed by atoms with Crippen molar-refractivity contribution in [2.24, 2.45) is 10.9 Å². The molecule has 0 saturated carbocycles. The molecular formula is C61H107N7O31. The van der Waals surface area contributed by atoms with Gasteiger partial charge in [-0.3, -0.25) is 33.6 Å². The summed E-state index contributed by atoms with van der Waals surface area (Å²) in [5.74, 6) is -5.50. The maximum atomic E-state index is 13.6. The summed E-state index contributed by atoms with van der Waals surface area (Å²) in [6, 6.07) is -4.28. The van der Waals surface area contributed by atoms with Gasteiger partial charge in [0.15, 0.2) is 18.9 Å². The number of hydrogen-bond acceptors (Lipinski definition) is 30. The van der Waals surface area contributed by atoms with E-state index in [1.54, 1.807) is 6.92 Å². The summed E-state index contributed by atoms with van der Waals surface area (Å²) in [6.45, 7) is 7.27. The van der Waals surface area contributed by atoms with Crippen molar-refractivity contribution in [3.8, 4) is 0 Å². The van der Waals surface area contributed by atoms with E-state index in [4.69, 9.17) is 71.1 Å². The lowest BCUT2D eigenvalue weighted by Gasteiger charge is -2.43. The zero-order chi connectivity index (χ0) is 72.9. The third-order valence-electron chi connectivity index (χ3n) is 15.1. The first-order chi connectivity index (χ1) is 47.5. The van der Waals surface area contributed by atoms with Crippen molar-refractivity contribution in [3.63, 3.8) is 0 Å². The molecule has 0 radical (unpaired) electrons. The minimum absolute atomic E-state index is 0.00981. The Morgan fingerprint density at radius 1 is 0.465 bits per heavy atom. The van der Waals surface area contributed by atoms with Crippen LogP contribution in [0.25, 0.3) is 0 Å². The average Bonchev–Trinajstić information content (AvgIpc) is 0.827. The van der Waals surface area contributed by atoms with E-state index in [1.807, 2.05) is 0 Å². The molecule has 99 heavy (non-hydrogen) atoms. The van der Waals surface area contributed by atoms with E-state index in [0.717, 1.165) is 0 Å². The molecule has 38 heteroatoms. The maximum absolute atomic E-state index is 13.6. The van der Waals surface area contributed by atoms with Gasteiger partial charge < -0.3 is 144 Å². The van der Waals surface area contributed by atoms with Gasteiger partial charge in [0.1, 0.15) is 80.3 Å². The first kappa shape index (κ1) is 88.0. The van der Waals surface area contributed by atoms with Crippen LogP contribution in [0.4, 0.5) is 0 Å². The predicted octanol–water partition coefficient (Wildman–Crippen LogP) is -6.57. The molecule has 0 aliphatic carbocycles. The molecule has 16 atom stereocenters. The molecule has 3 saturated heterocycles. The van der Waals surface area contributed by atoms with E-state index in [1.165, 1.54) is 27.7 Å². The standard InChI is InChI=1S/C61H107N7O31/c1-37-49(64-39(3)71)59(98-44(32-69)52(37)77)94-29-26-88-17-14-85-20-24-92-35-47(75)63-13-9-7-11-43(58(83)84)68-57(82)42(67-48(76)36-93-25-22-87-16-18-89-27-30-95-60-50(65-40(4)72)55(80)53(78)38(2)97-60)10-6-8-12-62-46(74)34-91-23-21-86-15-19-90-28-31-96-61-51(66-41(5)73)56(81)54(79)45(33-70)99-61/h37-38,42-45,49,51-56,59-61,69-70,77-81H,6-36H2,1-5H3,(H,62,74)(H,63,75)(H,64,71)(H,66,73)(H,67,76)(H,68,82)(H,83,84)/b65-50+/t37-,38-,42+,43+,44-,45-,49?,51?,52-,53+,54+,55?,56-,59-,60-,61-/m1/s1. The van der Waals surface area contributed by atoms with Crippen LogP contribution in [0.3, 0.4) is 0 Å². The molecule has 3 rings (SSSR count). The van der Waals surface area contributed by atoms with E-state index in [0.29, 0.717) is 19.3 Å². The van der Waals surface area contributed by atoms with Gasteiger partial charge in [-0.05, 0) is 45.4 Å². The summed E-state index contributed by atoms with van der Waals surface area (Å²) in [5.41, 5.74) is -0.150. The van der Waals surface area contributed by atoms with Crippen molar-refractivity contribution in [1.82, 2.24) is 31.9 Å². The molecule has 0 aromatic heterocycles. The third kappa shape index (κ3) is 36.5. The fourth-order valence-electron chi connectivity index (χ4n) is 9.83. The van der Waals surface area contributed by atoms with E-state index < -0.39 is 159 Å². The van der Waals surface area contributed by atoms with E-state index >= 15 is 0 Å². The number of nitrogens with zero attached hydrogens (tertiary/aromatic N) is 1. The Balaban J connectivity index is 1.34. The minimum Gasteiger partial charge on any atom is -0.480 e. The Morgan fingerprint density at radius 3 is 1.31 bits per heavy atom. The second kappa shape index (κ2) is 51.8. The number of carboxylic acids is 1. The van der Waals surface area contributed by atoms with Gasteiger partial charge in [-0.15, -0.1) is 0 Å². The quantitative estimate of drug-likeness (QED) is 0.0252. The molecule has 7 amide bonds. The molecule has 0 aromatic carbocycles. The Kier molecular flexibility index (Phi) is 46.0. The molecule has 38 nitrogen and oxygen atoms in total. The van der Waals surface area contributed by atoms with Crippen molar-refractivity contribution in [1.29, 1.82) is 0 Å². The van der Waals surface area contributed by atoms with E-state index in [9.17, 15) is 79.2 Å². The second-order valence-electron chi connectivity index (χ2n) is 23.1. The van der Waals surface area contributed by atoms with Crippen LogP contribution in [-0.4, -0.2) is 351 Å². The molecule has 572 valence electrons. The summed E-state index contributed by atoms with van der Waals surface area (Å²) in [7, 11) is 0. The zero-order valence-corrected chi connectivity index (χ0v) is 57.1. The summed E-state index contributed by atoms with van der Waals surface area (Å²) in [4.78, 5) is 103. The van der Waals surface area contributed by atoms with Gasteiger partial charge in [-0.2, -0.15) is 0 Å². The Bertz CT molecular complexity index is 2360. The minimum atomic E-state index is -1.45. The van der Waals surface area contributed by atoms with Gasteiger partial charge in [0, 0.05) is 39.8 Å². The van der Waals surface area contributed by atoms with Gasteiger partial charge in [-0.25, -0.2) is 9.79 Å². The van der Waals surface area contributed by atoms with Gasteiger partial charge >= 0.3 is 5.97 Å². The van der Waals surface area contributed by atoms with Crippen LogP contribution < -0.4 is 31.9 Å². The highest BCUT2D eigenvalue weighted by molar-refractivity contribution is 6.00. The first-order valence-electron chi connectivity index (χ1n) is 33.1. The lowest BCUT2D eigenvalue weighted by atomic mass is 9.89. The number of aliphatic carboxylic acids is 1. The van der Waals surface area contributed by atoms with Gasteiger partial charge in [0.05, 0.1) is 150 Å². The highest BCUT2D eigenvalue weighted by Crippen LogP contribution is 2.27. The highest BCUT2D eigenvalue weighted by atomic mass is 16.7. The molecule has 3 aliphatic rings. The number of aliphatic imine (C=N–C) groups is 1. The first-order valence-corrected chi connectivity index (χ1v) is 33.1. The van der Waals surface area contributed by atoms with Crippen molar-refractivity contribution in [2.75, 3.05) is 165 Å². The Morgan fingerprint density at radius 2 is 0.869 bits per heavy atom. The number of carboxylic acid groups (broad SMARTS) is 1. The average molecular weight is 1430 g/mol. The molecule has 3 heterocycles. The van der Waals surface area contributed by atoms with Crippen LogP contribution in [0.5, 0.6) is 0 Å². The lowest BCUT2D eigenvalue weighted by Crippen LogP contribution is -2.64.